The van der Waals surface area contributed by atoms with Gasteiger partial charge in [0.25, 0.3) is 10.0 Å². The average Bonchev–Trinajstić information content (AvgIpc) is 2.48. The van der Waals surface area contributed by atoms with Crippen LogP contribution in [0.3, 0.4) is 0 Å². The van der Waals surface area contributed by atoms with Crippen LogP contribution in [0.2, 0.25) is 0 Å². The zero-order valence-corrected chi connectivity index (χ0v) is 13.2. The summed E-state index contributed by atoms with van der Waals surface area (Å²) in [5, 5.41) is 0. The Morgan fingerprint density at radius 2 is 1.64 bits per heavy atom. The lowest BCUT2D eigenvalue weighted by Crippen LogP contribution is -2.13. The first-order valence-corrected chi connectivity index (χ1v) is 8.27. The molecule has 0 aliphatic rings. The van der Waals surface area contributed by atoms with Gasteiger partial charge in [-0.2, -0.15) is 0 Å². The lowest BCUT2D eigenvalue weighted by Gasteiger charge is -2.09. The molecule has 0 saturated carbocycles. The van der Waals surface area contributed by atoms with Gasteiger partial charge in [0, 0.05) is 5.69 Å². The predicted octanol–water partition coefficient (Wildman–Crippen LogP) is 2.97. The van der Waals surface area contributed by atoms with E-state index in [9.17, 15) is 13.2 Å². The minimum Gasteiger partial charge on any atom is -0.462 e. The molecule has 0 spiro atoms. The van der Waals surface area contributed by atoms with Crippen LogP contribution in [0.15, 0.2) is 53.4 Å². The van der Waals surface area contributed by atoms with Crippen LogP contribution >= 0.6 is 0 Å². The molecule has 116 valence electrons. The fourth-order valence-electron chi connectivity index (χ4n) is 1.82. The number of rotatable bonds is 5. The Bertz CT molecular complexity index is 750. The molecule has 5 nitrogen and oxygen atoms in total. The van der Waals surface area contributed by atoms with Crippen molar-refractivity contribution < 1.29 is 17.9 Å². The Balaban J connectivity index is 2.16. The third-order valence-electron chi connectivity index (χ3n) is 2.98. The molecule has 22 heavy (non-hydrogen) atoms. The van der Waals surface area contributed by atoms with Crippen molar-refractivity contribution in [2.24, 2.45) is 0 Å². The van der Waals surface area contributed by atoms with Crippen molar-refractivity contribution in [3.63, 3.8) is 0 Å². The van der Waals surface area contributed by atoms with Crippen LogP contribution in [0.4, 0.5) is 5.69 Å². The van der Waals surface area contributed by atoms with Crippen LogP contribution in [0.1, 0.15) is 22.8 Å². The first kappa shape index (κ1) is 16.0. The number of nitrogens with one attached hydrogen (secondary N) is 1. The van der Waals surface area contributed by atoms with Crippen LogP contribution in [0, 0.1) is 6.92 Å². The highest BCUT2D eigenvalue weighted by Gasteiger charge is 2.14. The van der Waals surface area contributed by atoms with Crippen molar-refractivity contribution in [1.29, 1.82) is 0 Å². The van der Waals surface area contributed by atoms with Gasteiger partial charge in [0.1, 0.15) is 0 Å². The molecule has 0 aromatic heterocycles. The topological polar surface area (TPSA) is 72.5 Å². The molecule has 0 heterocycles. The second-order valence-electron chi connectivity index (χ2n) is 4.72. The first-order valence-electron chi connectivity index (χ1n) is 6.79. The lowest BCUT2D eigenvalue weighted by atomic mass is 10.2. The largest absolute Gasteiger partial charge is 0.462 e. The van der Waals surface area contributed by atoms with E-state index in [4.69, 9.17) is 4.74 Å². The second kappa shape index (κ2) is 6.62. The van der Waals surface area contributed by atoms with Gasteiger partial charge in [-0.25, -0.2) is 13.2 Å². The number of carbonyl (C=O) groups is 1. The third-order valence-corrected chi connectivity index (χ3v) is 4.38. The van der Waals surface area contributed by atoms with Gasteiger partial charge in [0.05, 0.1) is 17.1 Å². The molecule has 0 saturated heterocycles. The zero-order valence-electron chi connectivity index (χ0n) is 12.4. The fourth-order valence-corrected chi connectivity index (χ4v) is 2.88. The summed E-state index contributed by atoms with van der Waals surface area (Å²) in [6.07, 6.45) is 0. The summed E-state index contributed by atoms with van der Waals surface area (Å²) in [6, 6.07) is 12.7. The molecule has 2 aromatic carbocycles. The molecule has 0 atom stereocenters. The van der Waals surface area contributed by atoms with E-state index in [1.165, 1.54) is 24.3 Å². The van der Waals surface area contributed by atoms with Crippen molar-refractivity contribution in [3.05, 3.63) is 59.7 Å². The van der Waals surface area contributed by atoms with E-state index in [2.05, 4.69) is 4.72 Å². The van der Waals surface area contributed by atoms with Crippen molar-refractivity contribution in [2.45, 2.75) is 18.7 Å². The Morgan fingerprint density at radius 3 is 2.18 bits per heavy atom. The maximum atomic E-state index is 12.2. The van der Waals surface area contributed by atoms with Gasteiger partial charge >= 0.3 is 5.97 Å². The standard InChI is InChI=1S/C16H17NO4S/c1-3-21-16(18)13-6-8-14(9-7-13)17-22(19,20)15-10-4-12(2)5-11-15/h4-11,17H,3H2,1-2H3. The summed E-state index contributed by atoms with van der Waals surface area (Å²) in [6.45, 7) is 3.90. The monoisotopic (exact) mass is 319 g/mol. The Hall–Kier alpha value is -2.34. The molecule has 0 amide bonds. The summed E-state index contributed by atoms with van der Waals surface area (Å²) in [5.41, 5.74) is 1.74. The highest BCUT2D eigenvalue weighted by molar-refractivity contribution is 7.92. The first-order chi connectivity index (χ1) is 10.4. The molecule has 2 aromatic rings. The minimum absolute atomic E-state index is 0.188. The molecule has 6 heteroatoms. The van der Waals surface area contributed by atoms with E-state index in [1.54, 1.807) is 31.2 Å². The smallest absolute Gasteiger partial charge is 0.338 e. The van der Waals surface area contributed by atoms with E-state index in [1.807, 2.05) is 6.92 Å². The molecule has 0 fully saturated rings. The van der Waals surface area contributed by atoms with Gasteiger partial charge in [0.15, 0.2) is 0 Å². The molecule has 0 unspecified atom stereocenters. The number of sulfonamides is 1. The normalized spacial score (nSPS) is 11.0. The summed E-state index contributed by atoms with van der Waals surface area (Å²) in [7, 11) is -3.64. The highest BCUT2D eigenvalue weighted by Crippen LogP contribution is 2.17. The van der Waals surface area contributed by atoms with E-state index in [0.717, 1.165) is 5.56 Å². The van der Waals surface area contributed by atoms with Crippen molar-refractivity contribution in [3.8, 4) is 0 Å². The average molecular weight is 319 g/mol. The van der Waals surface area contributed by atoms with Crippen LogP contribution in [0.5, 0.6) is 0 Å². The summed E-state index contributed by atoms with van der Waals surface area (Å²) >= 11 is 0. The Kier molecular flexibility index (Phi) is 4.82. The van der Waals surface area contributed by atoms with Crippen LogP contribution in [-0.4, -0.2) is 21.0 Å². The minimum atomic E-state index is -3.64. The number of anilines is 1. The maximum absolute atomic E-state index is 12.2. The van der Waals surface area contributed by atoms with Crippen LogP contribution in [-0.2, 0) is 14.8 Å². The number of benzene rings is 2. The van der Waals surface area contributed by atoms with Gasteiger partial charge in [0.2, 0.25) is 0 Å². The second-order valence-corrected chi connectivity index (χ2v) is 6.40. The van der Waals surface area contributed by atoms with Gasteiger partial charge < -0.3 is 4.74 Å². The molecule has 0 bridgehead atoms. The van der Waals surface area contributed by atoms with Crippen molar-refractivity contribution >= 4 is 21.7 Å². The predicted molar refractivity (Wildman–Crippen MR) is 84.4 cm³/mol. The number of aryl methyl sites for hydroxylation is 1. The summed E-state index contributed by atoms with van der Waals surface area (Å²) in [5.74, 6) is -0.435. The van der Waals surface area contributed by atoms with Crippen molar-refractivity contribution in [1.82, 2.24) is 0 Å². The summed E-state index contributed by atoms with van der Waals surface area (Å²) in [4.78, 5) is 11.7. The molecular formula is C16H17NO4S. The van der Waals surface area contributed by atoms with Crippen LogP contribution in [0.25, 0.3) is 0 Å². The molecule has 0 radical (unpaired) electrons. The number of hydrogen-bond acceptors (Lipinski definition) is 4. The fraction of sp³-hybridized carbons (Fsp3) is 0.188. The van der Waals surface area contributed by atoms with Gasteiger partial charge in [-0.3, -0.25) is 4.72 Å². The number of esters is 1. The van der Waals surface area contributed by atoms with Crippen LogP contribution < -0.4 is 4.72 Å². The van der Waals surface area contributed by atoms with E-state index in [0.29, 0.717) is 17.9 Å². The third kappa shape index (κ3) is 3.85. The summed E-state index contributed by atoms with van der Waals surface area (Å²) < 4.78 is 31.8. The van der Waals surface area contributed by atoms with Gasteiger partial charge in [-0.05, 0) is 50.2 Å². The lowest BCUT2D eigenvalue weighted by molar-refractivity contribution is 0.0526. The van der Waals surface area contributed by atoms with E-state index in [-0.39, 0.29) is 4.90 Å². The van der Waals surface area contributed by atoms with Crippen molar-refractivity contribution in [2.75, 3.05) is 11.3 Å². The Morgan fingerprint density at radius 1 is 1.05 bits per heavy atom. The molecular weight excluding hydrogens is 302 g/mol. The highest BCUT2D eigenvalue weighted by atomic mass is 32.2. The number of carbonyl (C=O) groups excluding carboxylic acids is 1. The number of ether oxygens (including phenoxy) is 1. The molecule has 1 N–H and O–H groups in total. The van der Waals surface area contributed by atoms with Gasteiger partial charge in [-0.1, -0.05) is 17.7 Å². The van der Waals surface area contributed by atoms with E-state index < -0.39 is 16.0 Å². The molecule has 2 rings (SSSR count). The quantitative estimate of drug-likeness (QED) is 0.860. The Labute approximate surface area is 130 Å². The molecule has 0 aliphatic heterocycles. The SMILES string of the molecule is CCOC(=O)c1ccc(NS(=O)(=O)c2ccc(C)cc2)cc1. The van der Waals surface area contributed by atoms with E-state index >= 15 is 0 Å². The number of hydrogen-bond donors (Lipinski definition) is 1. The molecule has 0 aliphatic carbocycles. The maximum Gasteiger partial charge on any atom is 0.338 e. The zero-order chi connectivity index (χ0) is 16.2. The van der Waals surface area contributed by atoms with Gasteiger partial charge in [-0.15, -0.1) is 0 Å².